The number of thiocarbonyl (C=S) groups is 1. The molecule has 0 aromatic rings. The molecule has 0 unspecified atom stereocenters. The van der Waals surface area contributed by atoms with Crippen LogP contribution in [0, 0.1) is 0 Å². The van der Waals surface area contributed by atoms with E-state index in [4.69, 9.17) is 5.11 Å². The molecule has 0 radical (unpaired) electrons. The molecule has 0 aliphatic carbocycles. The van der Waals surface area contributed by atoms with Gasteiger partial charge in [-0.05, 0) is 12.2 Å². The van der Waals surface area contributed by atoms with Crippen LogP contribution in [0.2, 0.25) is 0 Å². The van der Waals surface area contributed by atoms with E-state index >= 15 is 0 Å². The van der Waals surface area contributed by atoms with E-state index in [0.717, 1.165) is 0 Å². The van der Waals surface area contributed by atoms with Gasteiger partial charge in [0.2, 0.25) is 0 Å². The molecule has 0 heterocycles. The fourth-order valence-electron chi connectivity index (χ4n) is 0. The summed E-state index contributed by atoms with van der Waals surface area (Å²) >= 11 is 3.82. The van der Waals surface area contributed by atoms with Gasteiger partial charge >= 0.3 is 51.4 Å². The Morgan fingerprint density at radius 1 is 1.75 bits per heavy atom. The van der Waals surface area contributed by atoms with Crippen LogP contribution in [0.3, 0.4) is 0 Å². The summed E-state index contributed by atoms with van der Waals surface area (Å²) in [5.74, 6) is 0. The van der Waals surface area contributed by atoms with Gasteiger partial charge in [0.15, 0.2) is 0 Å². The molecule has 1 nitrogen and oxygen atoms in total. The molecule has 0 amide bonds. The molecular formula is CH3KOS. The fraction of sp³-hybridized carbons (Fsp3) is 0. The second-order valence-electron chi connectivity index (χ2n) is 0.105. The van der Waals surface area contributed by atoms with E-state index in [0.29, 0.717) is 5.55 Å². The van der Waals surface area contributed by atoms with Crippen LogP contribution in [0.5, 0.6) is 0 Å². The molecule has 0 saturated carbocycles. The maximum absolute atomic E-state index is 7.26. The van der Waals surface area contributed by atoms with E-state index < -0.39 is 0 Å². The summed E-state index contributed by atoms with van der Waals surface area (Å²) in [4.78, 5) is 0. The van der Waals surface area contributed by atoms with Crippen molar-refractivity contribution in [3.63, 3.8) is 0 Å². The van der Waals surface area contributed by atoms with Gasteiger partial charge < -0.3 is 5.11 Å². The van der Waals surface area contributed by atoms with Crippen LogP contribution in [0.4, 0.5) is 0 Å². The summed E-state index contributed by atoms with van der Waals surface area (Å²) in [6.07, 6.45) is 0. The van der Waals surface area contributed by atoms with Gasteiger partial charge in [-0.1, -0.05) is 0 Å². The Bertz CT molecular complexity index is 15.5. The molecule has 0 aliphatic rings. The number of hydrogen-bond donors (Lipinski definition) is 1. The summed E-state index contributed by atoms with van der Waals surface area (Å²) in [6.45, 7) is 0. The van der Waals surface area contributed by atoms with Crippen molar-refractivity contribution in [2.24, 2.45) is 0 Å². The third-order valence-electron chi connectivity index (χ3n) is 0. The van der Waals surface area contributed by atoms with Gasteiger partial charge in [-0.25, -0.2) is 0 Å². The van der Waals surface area contributed by atoms with E-state index in [2.05, 4.69) is 12.2 Å². The molecule has 0 rings (SSSR count). The van der Waals surface area contributed by atoms with Gasteiger partial charge in [0.05, 0.1) is 0 Å². The quantitative estimate of drug-likeness (QED) is 0.339. The molecule has 0 saturated heterocycles. The SMILES string of the molecule is OC=S.[KH]. The zero-order valence-corrected chi connectivity index (χ0v) is 2.25. The first-order valence-corrected chi connectivity index (χ1v) is 0.965. The third-order valence-corrected chi connectivity index (χ3v) is 0. The average molecular weight is 102 g/mol. The van der Waals surface area contributed by atoms with Crippen LogP contribution < -0.4 is 0 Å². The summed E-state index contributed by atoms with van der Waals surface area (Å²) in [5.41, 5.74) is 0.583. The van der Waals surface area contributed by atoms with Crippen LogP contribution in [0.15, 0.2) is 0 Å². The number of aliphatic hydroxyl groups excluding tert-OH is 1. The number of hydrogen-bond acceptors (Lipinski definition) is 1. The van der Waals surface area contributed by atoms with E-state index in [1.807, 2.05) is 0 Å². The Kier molecular flexibility index (Phi) is 20.1. The van der Waals surface area contributed by atoms with Crippen LogP contribution >= 0.6 is 12.2 Å². The number of rotatable bonds is 0. The molecule has 1 N–H and O–H groups in total. The Labute approximate surface area is 72.8 Å². The molecule has 4 heavy (non-hydrogen) atoms. The molecule has 0 aliphatic heterocycles. The minimum absolute atomic E-state index is 0. The van der Waals surface area contributed by atoms with Crippen molar-refractivity contribution in [2.75, 3.05) is 0 Å². The van der Waals surface area contributed by atoms with E-state index in [-0.39, 0.29) is 51.4 Å². The third kappa shape index (κ3) is 9.66. The first-order chi connectivity index (χ1) is 1.41. The van der Waals surface area contributed by atoms with Crippen LogP contribution in [0.25, 0.3) is 0 Å². The van der Waals surface area contributed by atoms with Crippen molar-refractivity contribution < 1.29 is 5.11 Å². The standard InChI is InChI=1S/CH2OS.K.H/c2-1-3;;/h1H,(H,2,3);;. The molecule has 0 fully saturated rings. The zero-order valence-electron chi connectivity index (χ0n) is 1.43. The fourth-order valence-corrected chi connectivity index (χ4v) is 0. The van der Waals surface area contributed by atoms with Crippen molar-refractivity contribution in [3.05, 3.63) is 0 Å². The predicted molar refractivity (Wildman–Crippen MR) is 23.4 cm³/mol. The van der Waals surface area contributed by atoms with E-state index in [1.165, 1.54) is 0 Å². The maximum atomic E-state index is 7.26. The van der Waals surface area contributed by atoms with E-state index in [1.54, 1.807) is 0 Å². The molecule has 0 atom stereocenters. The summed E-state index contributed by atoms with van der Waals surface area (Å²) in [6, 6.07) is 0. The van der Waals surface area contributed by atoms with Gasteiger partial charge in [0, 0.05) is 0 Å². The normalized spacial score (nSPS) is 3.00. The molecular weight excluding hydrogens is 99.2 g/mol. The summed E-state index contributed by atoms with van der Waals surface area (Å²) in [5, 5.41) is 7.26. The van der Waals surface area contributed by atoms with Crippen LogP contribution in [-0.2, 0) is 0 Å². The van der Waals surface area contributed by atoms with E-state index in [9.17, 15) is 0 Å². The zero-order chi connectivity index (χ0) is 2.71. The van der Waals surface area contributed by atoms with Crippen molar-refractivity contribution in [1.82, 2.24) is 0 Å². The van der Waals surface area contributed by atoms with Crippen LogP contribution in [0.1, 0.15) is 0 Å². The molecule has 0 bridgehead atoms. The monoisotopic (exact) mass is 102 g/mol. The molecule has 0 aromatic heterocycles. The molecule has 3 heteroatoms. The van der Waals surface area contributed by atoms with Gasteiger partial charge in [-0.15, -0.1) is 0 Å². The van der Waals surface area contributed by atoms with Gasteiger partial charge in [0.25, 0.3) is 0 Å². The second-order valence-corrected chi connectivity index (χ2v) is 0.316. The van der Waals surface area contributed by atoms with Gasteiger partial charge in [-0.3, -0.25) is 0 Å². The molecule has 20 valence electrons. The first kappa shape index (κ1) is 9.11. The van der Waals surface area contributed by atoms with Crippen molar-refractivity contribution in [2.45, 2.75) is 0 Å². The minimum atomic E-state index is 0. The Balaban J connectivity index is 0. The first-order valence-electron chi connectivity index (χ1n) is 0.494. The topological polar surface area (TPSA) is 20.2 Å². The Morgan fingerprint density at radius 3 is 1.75 bits per heavy atom. The van der Waals surface area contributed by atoms with Crippen molar-refractivity contribution in [3.8, 4) is 0 Å². The molecule has 0 spiro atoms. The van der Waals surface area contributed by atoms with Crippen molar-refractivity contribution in [1.29, 1.82) is 0 Å². The van der Waals surface area contributed by atoms with Crippen molar-refractivity contribution >= 4 is 69.2 Å². The van der Waals surface area contributed by atoms with Crippen LogP contribution in [-0.4, -0.2) is 62.0 Å². The number of aliphatic hydroxyl groups is 1. The second kappa shape index (κ2) is 8.82. The predicted octanol–water partition coefficient (Wildman–Crippen LogP) is -0.147. The van der Waals surface area contributed by atoms with Gasteiger partial charge in [-0.2, -0.15) is 0 Å². The molecule has 0 aromatic carbocycles. The Morgan fingerprint density at radius 2 is 1.75 bits per heavy atom. The Hall–Kier alpha value is 1.53. The van der Waals surface area contributed by atoms with Gasteiger partial charge in [0.1, 0.15) is 5.55 Å². The summed E-state index contributed by atoms with van der Waals surface area (Å²) < 4.78 is 0. The average Bonchev–Trinajstić information content (AvgIpc) is 0.918. The summed E-state index contributed by atoms with van der Waals surface area (Å²) in [7, 11) is 0.